The van der Waals surface area contributed by atoms with E-state index in [0.717, 1.165) is 16.3 Å². The van der Waals surface area contributed by atoms with E-state index >= 15 is 0 Å². The van der Waals surface area contributed by atoms with E-state index in [1.54, 1.807) is 18.3 Å². The molecule has 8 nitrogen and oxygen atoms in total. The lowest BCUT2D eigenvalue weighted by Crippen LogP contribution is -2.51. The van der Waals surface area contributed by atoms with E-state index in [0.29, 0.717) is 24.3 Å². The van der Waals surface area contributed by atoms with Crippen LogP contribution in [-0.2, 0) is 22.4 Å². The van der Waals surface area contributed by atoms with Crippen LogP contribution in [0.15, 0.2) is 79.3 Å². The summed E-state index contributed by atoms with van der Waals surface area (Å²) in [6.07, 6.45) is 4.17. The molecule has 0 aliphatic carbocycles. The van der Waals surface area contributed by atoms with Gasteiger partial charge in [0.25, 0.3) is 5.91 Å². The smallest absolute Gasteiger partial charge is 0.256 e. The van der Waals surface area contributed by atoms with Crippen LogP contribution in [0.2, 0.25) is 0 Å². The zero-order valence-corrected chi connectivity index (χ0v) is 19.6. The Labute approximate surface area is 208 Å². The molecular weight excluding hydrogens is 461 g/mol. The predicted molar refractivity (Wildman–Crippen MR) is 134 cm³/mol. The molecule has 2 amide bonds. The second-order valence-electron chi connectivity index (χ2n) is 8.46. The topological polar surface area (TPSA) is 122 Å². The summed E-state index contributed by atoms with van der Waals surface area (Å²) in [5.74, 6) is 4.22. The number of hydrogen-bond acceptors (Lipinski definition) is 5. The number of carbonyl (C=O) groups is 2. The molecule has 0 spiro atoms. The van der Waals surface area contributed by atoms with E-state index in [-0.39, 0.29) is 24.8 Å². The fourth-order valence-corrected chi connectivity index (χ4v) is 4.12. The number of benzene rings is 3. The number of aromatic nitrogens is 2. The van der Waals surface area contributed by atoms with E-state index in [2.05, 4.69) is 20.7 Å². The van der Waals surface area contributed by atoms with Gasteiger partial charge < -0.3 is 15.0 Å². The van der Waals surface area contributed by atoms with Gasteiger partial charge in [0, 0.05) is 18.5 Å². The molecule has 0 aliphatic rings. The highest BCUT2D eigenvalue weighted by molar-refractivity contribution is 5.89. The van der Waals surface area contributed by atoms with Gasteiger partial charge in [0.05, 0.1) is 18.6 Å². The normalized spacial score (nSPS) is 12.6. The molecule has 36 heavy (non-hydrogen) atoms. The third kappa shape index (κ3) is 6.45. The Morgan fingerprint density at radius 1 is 1.00 bits per heavy atom. The molecule has 186 valence electrons. The average Bonchev–Trinajstić information content (AvgIpc) is 3.41. The number of hydrazine groups is 1. The number of rotatable bonds is 11. The highest BCUT2D eigenvalue weighted by Gasteiger charge is 2.27. The van der Waals surface area contributed by atoms with E-state index < -0.39 is 17.9 Å². The maximum Gasteiger partial charge on any atom is 0.256 e. The lowest BCUT2D eigenvalue weighted by atomic mass is 9.92. The van der Waals surface area contributed by atoms with Crippen molar-refractivity contribution in [1.29, 1.82) is 0 Å². The number of fused-ring (bicyclic) bond motifs is 1. The SMILES string of the molecule is NNC(=O)[C@H](Cc1c[nH]cn1)NC(=O)C(CCOc1ccc(F)cc1)Cc1cccc2ccccc12. The Balaban J connectivity index is 1.52. The molecule has 0 fully saturated rings. The first-order valence-corrected chi connectivity index (χ1v) is 11.7. The van der Waals surface area contributed by atoms with Crippen LogP contribution in [0.1, 0.15) is 17.7 Å². The first kappa shape index (κ1) is 24.9. The molecule has 0 radical (unpaired) electrons. The Bertz CT molecular complexity index is 1290. The summed E-state index contributed by atoms with van der Waals surface area (Å²) in [5.41, 5.74) is 3.75. The summed E-state index contributed by atoms with van der Waals surface area (Å²) in [6.45, 7) is 0.238. The molecule has 0 saturated heterocycles. The number of imidazole rings is 1. The van der Waals surface area contributed by atoms with Crippen molar-refractivity contribution >= 4 is 22.6 Å². The first-order chi connectivity index (χ1) is 17.5. The summed E-state index contributed by atoms with van der Waals surface area (Å²) in [5, 5.41) is 4.98. The minimum Gasteiger partial charge on any atom is -0.494 e. The predicted octanol–water partition coefficient (Wildman–Crippen LogP) is 3.05. The molecule has 1 aromatic heterocycles. The summed E-state index contributed by atoms with van der Waals surface area (Å²) < 4.78 is 19.0. The Hall–Kier alpha value is -4.24. The lowest BCUT2D eigenvalue weighted by Gasteiger charge is -2.22. The van der Waals surface area contributed by atoms with Crippen LogP contribution >= 0.6 is 0 Å². The molecule has 5 N–H and O–H groups in total. The quantitative estimate of drug-likeness (QED) is 0.147. The van der Waals surface area contributed by atoms with Crippen molar-refractivity contribution in [2.75, 3.05) is 6.61 Å². The molecule has 0 bridgehead atoms. The maximum absolute atomic E-state index is 13.5. The van der Waals surface area contributed by atoms with Gasteiger partial charge in [-0.3, -0.25) is 15.0 Å². The second kappa shape index (κ2) is 11.9. The van der Waals surface area contributed by atoms with Gasteiger partial charge >= 0.3 is 0 Å². The zero-order valence-electron chi connectivity index (χ0n) is 19.6. The lowest BCUT2D eigenvalue weighted by molar-refractivity contribution is -0.131. The standard InChI is InChI=1S/C27H28FN5O3/c28-21-8-10-23(11-9-21)36-13-12-20(14-19-6-3-5-18-4-1-2-7-24(18)19)26(34)32-25(27(35)33-29)15-22-16-30-17-31-22/h1-11,16-17,20,25H,12-15,29H2,(H,30,31)(H,32,34)(H,33,35)/t20?,25-/m0/s1. The van der Waals surface area contributed by atoms with Crippen molar-refractivity contribution in [3.63, 3.8) is 0 Å². The Morgan fingerprint density at radius 3 is 2.53 bits per heavy atom. The molecule has 4 rings (SSSR count). The van der Waals surface area contributed by atoms with Gasteiger partial charge in [-0.2, -0.15) is 0 Å². The number of carbonyl (C=O) groups excluding carboxylic acids is 2. The van der Waals surface area contributed by atoms with Gasteiger partial charge in [0.2, 0.25) is 5.91 Å². The fourth-order valence-electron chi connectivity index (χ4n) is 4.12. The highest BCUT2D eigenvalue weighted by Crippen LogP contribution is 2.23. The average molecular weight is 490 g/mol. The van der Waals surface area contributed by atoms with Crippen LogP contribution in [0, 0.1) is 11.7 Å². The summed E-state index contributed by atoms with van der Waals surface area (Å²) in [4.78, 5) is 32.9. The summed E-state index contributed by atoms with van der Waals surface area (Å²) in [6, 6.07) is 18.8. The van der Waals surface area contributed by atoms with E-state index in [4.69, 9.17) is 10.6 Å². The first-order valence-electron chi connectivity index (χ1n) is 11.7. The molecular formula is C27H28FN5O3. The van der Waals surface area contributed by atoms with Crippen molar-refractivity contribution in [1.82, 2.24) is 20.7 Å². The third-order valence-corrected chi connectivity index (χ3v) is 6.01. The molecule has 3 aromatic carbocycles. The number of aromatic amines is 1. The van der Waals surface area contributed by atoms with Crippen molar-refractivity contribution in [3.05, 3.63) is 96.3 Å². The van der Waals surface area contributed by atoms with Gasteiger partial charge in [-0.15, -0.1) is 0 Å². The van der Waals surface area contributed by atoms with Crippen LogP contribution < -0.4 is 21.3 Å². The van der Waals surface area contributed by atoms with Crippen molar-refractivity contribution in [2.24, 2.45) is 11.8 Å². The molecule has 9 heteroatoms. The van der Waals surface area contributed by atoms with Crippen LogP contribution in [-0.4, -0.2) is 34.4 Å². The van der Waals surface area contributed by atoms with Crippen LogP contribution in [0.25, 0.3) is 10.8 Å². The van der Waals surface area contributed by atoms with Crippen LogP contribution in [0.4, 0.5) is 4.39 Å². The van der Waals surface area contributed by atoms with E-state index in [1.165, 1.54) is 18.5 Å². The number of H-pyrrole nitrogens is 1. The van der Waals surface area contributed by atoms with Gasteiger partial charge in [0.1, 0.15) is 17.6 Å². The highest BCUT2D eigenvalue weighted by atomic mass is 19.1. The molecule has 2 atom stereocenters. The number of amides is 2. The van der Waals surface area contributed by atoms with Gasteiger partial charge in [-0.05, 0) is 53.4 Å². The molecule has 1 unspecified atom stereocenters. The van der Waals surface area contributed by atoms with Crippen LogP contribution in [0.3, 0.4) is 0 Å². The Kier molecular flexibility index (Phi) is 8.25. The second-order valence-corrected chi connectivity index (χ2v) is 8.46. The minimum atomic E-state index is -0.890. The zero-order chi connectivity index (χ0) is 25.3. The number of nitrogens with two attached hydrogens (primary N) is 1. The number of hydrogen-bond donors (Lipinski definition) is 4. The Morgan fingerprint density at radius 2 is 1.78 bits per heavy atom. The number of nitrogens with one attached hydrogen (secondary N) is 3. The molecule has 4 aromatic rings. The van der Waals surface area contributed by atoms with Gasteiger partial charge in [-0.25, -0.2) is 15.2 Å². The van der Waals surface area contributed by atoms with Crippen molar-refractivity contribution in [2.45, 2.75) is 25.3 Å². The fraction of sp³-hybridized carbons (Fsp3) is 0.222. The van der Waals surface area contributed by atoms with Crippen molar-refractivity contribution in [3.8, 4) is 5.75 Å². The van der Waals surface area contributed by atoms with E-state index in [1.807, 2.05) is 42.5 Å². The maximum atomic E-state index is 13.5. The number of nitrogens with zero attached hydrogens (tertiary/aromatic N) is 1. The third-order valence-electron chi connectivity index (χ3n) is 6.01. The van der Waals surface area contributed by atoms with Crippen molar-refractivity contribution < 1.29 is 18.7 Å². The van der Waals surface area contributed by atoms with E-state index in [9.17, 15) is 14.0 Å². The monoisotopic (exact) mass is 489 g/mol. The summed E-state index contributed by atoms with van der Waals surface area (Å²) >= 11 is 0. The molecule has 0 saturated carbocycles. The summed E-state index contributed by atoms with van der Waals surface area (Å²) in [7, 11) is 0. The molecule has 0 aliphatic heterocycles. The van der Waals surface area contributed by atoms with Crippen LogP contribution in [0.5, 0.6) is 5.75 Å². The number of ether oxygens (including phenoxy) is 1. The molecule has 1 heterocycles. The van der Waals surface area contributed by atoms with Gasteiger partial charge in [-0.1, -0.05) is 42.5 Å². The minimum absolute atomic E-state index is 0.186. The van der Waals surface area contributed by atoms with Gasteiger partial charge in [0.15, 0.2) is 0 Å². The largest absolute Gasteiger partial charge is 0.494 e. The number of halogens is 1.